The summed E-state index contributed by atoms with van der Waals surface area (Å²) < 4.78 is 28.2. The van der Waals surface area contributed by atoms with Crippen LogP contribution in [0.25, 0.3) is 0 Å². The van der Waals surface area contributed by atoms with Crippen molar-refractivity contribution < 1.29 is 8.78 Å². The highest BCUT2D eigenvalue weighted by molar-refractivity contribution is 5.51. The molecule has 0 amide bonds. The maximum absolute atomic E-state index is 14.3. The van der Waals surface area contributed by atoms with E-state index in [1.165, 1.54) is 0 Å². The van der Waals surface area contributed by atoms with Gasteiger partial charge in [0, 0.05) is 24.7 Å². The molecule has 0 fully saturated rings. The highest BCUT2D eigenvalue weighted by Gasteiger charge is 2.19. The van der Waals surface area contributed by atoms with Crippen LogP contribution in [-0.4, -0.2) is 6.04 Å². The molecule has 0 saturated heterocycles. The third-order valence-corrected chi connectivity index (χ3v) is 3.49. The van der Waals surface area contributed by atoms with E-state index >= 15 is 0 Å². The predicted molar refractivity (Wildman–Crippen MR) is 82.0 cm³/mol. The maximum Gasteiger partial charge on any atom is 0.182 e. The summed E-state index contributed by atoms with van der Waals surface area (Å²) in [4.78, 5) is 1.84. The Labute approximate surface area is 124 Å². The molecule has 0 bridgehead atoms. The third-order valence-electron chi connectivity index (χ3n) is 3.49. The van der Waals surface area contributed by atoms with Crippen LogP contribution in [0.15, 0.2) is 42.5 Å². The topological polar surface area (TPSA) is 29.3 Å². The lowest BCUT2D eigenvalue weighted by atomic mass is 10.1. The summed E-state index contributed by atoms with van der Waals surface area (Å²) in [7, 11) is 0. The van der Waals surface area contributed by atoms with E-state index in [2.05, 4.69) is 0 Å². The van der Waals surface area contributed by atoms with Crippen LogP contribution in [-0.2, 0) is 13.1 Å². The Morgan fingerprint density at radius 2 is 1.67 bits per heavy atom. The van der Waals surface area contributed by atoms with Crippen LogP contribution < -0.4 is 10.6 Å². The van der Waals surface area contributed by atoms with Gasteiger partial charge in [-0.2, -0.15) is 0 Å². The van der Waals surface area contributed by atoms with Gasteiger partial charge in [0.1, 0.15) is 0 Å². The van der Waals surface area contributed by atoms with Gasteiger partial charge in [-0.25, -0.2) is 8.78 Å². The van der Waals surface area contributed by atoms with Crippen molar-refractivity contribution in [2.24, 2.45) is 5.73 Å². The number of benzene rings is 2. The molecule has 4 heteroatoms. The van der Waals surface area contributed by atoms with E-state index < -0.39 is 11.6 Å². The van der Waals surface area contributed by atoms with Crippen molar-refractivity contribution >= 4 is 5.69 Å². The summed E-state index contributed by atoms with van der Waals surface area (Å²) in [6, 6.07) is 12.9. The van der Waals surface area contributed by atoms with E-state index in [1.807, 2.05) is 49.1 Å². The van der Waals surface area contributed by atoms with Crippen LogP contribution in [0.3, 0.4) is 0 Å². The molecule has 0 heterocycles. The van der Waals surface area contributed by atoms with Gasteiger partial charge in [-0.15, -0.1) is 0 Å². The number of rotatable bonds is 5. The molecule has 2 rings (SSSR count). The Morgan fingerprint density at radius 1 is 1.00 bits per heavy atom. The number of nitrogens with two attached hydrogens (primary N) is 1. The molecule has 0 aliphatic heterocycles. The van der Waals surface area contributed by atoms with Crippen LogP contribution in [0.4, 0.5) is 14.5 Å². The van der Waals surface area contributed by atoms with E-state index in [-0.39, 0.29) is 23.8 Å². The van der Waals surface area contributed by atoms with Gasteiger partial charge in [0.05, 0.1) is 5.69 Å². The Morgan fingerprint density at radius 3 is 2.24 bits per heavy atom. The number of halogens is 2. The van der Waals surface area contributed by atoms with E-state index in [9.17, 15) is 8.78 Å². The van der Waals surface area contributed by atoms with E-state index in [0.29, 0.717) is 6.54 Å². The van der Waals surface area contributed by atoms with E-state index in [0.717, 1.165) is 5.56 Å². The minimum atomic E-state index is -0.853. The molecule has 0 radical (unpaired) electrons. The normalized spacial score (nSPS) is 11.0. The van der Waals surface area contributed by atoms with Gasteiger partial charge in [-0.05, 0) is 25.5 Å². The molecule has 2 aromatic rings. The first kappa shape index (κ1) is 15.4. The lowest BCUT2D eigenvalue weighted by molar-refractivity contribution is 0.493. The van der Waals surface area contributed by atoms with Crippen molar-refractivity contribution in [3.8, 4) is 0 Å². The van der Waals surface area contributed by atoms with Crippen molar-refractivity contribution in [3.63, 3.8) is 0 Å². The molecule has 0 atom stereocenters. The molecule has 0 aliphatic carbocycles. The summed E-state index contributed by atoms with van der Waals surface area (Å²) in [6.45, 7) is 4.43. The van der Waals surface area contributed by atoms with Gasteiger partial charge in [0.15, 0.2) is 11.6 Å². The van der Waals surface area contributed by atoms with Crippen LogP contribution in [0.1, 0.15) is 25.0 Å². The first-order valence-corrected chi connectivity index (χ1v) is 7.02. The summed E-state index contributed by atoms with van der Waals surface area (Å²) in [5, 5.41) is 0. The van der Waals surface area contributed by atoms with Crippen molar-refractivity contribution in [1.82, 2.24) is 0 Å². The molecule has 112 valence electrons. The van der Waals surface area contributed by atoms with Gasteiger partial charge in [0.25, 0.3) is 0 Å². The SMILES string of the molecule is CC(C)N(Cc1ccccc1)c1ccc(CN)c(F)c1F. The third kappa shape index (κ3) is 3.39. The summed E-state index contributed by atoms with van der Waals surface area (Å²) >= 11 is 0. The average molecular weight is 290 g/mol. The number of anilines is 1. The van der Waals surface area contributed by atoms with Crippen LogP contribution in [0, 0.1) is 11.6 Å². The molecular weight excluding hydrogens is 270 g/mol. The zero-order valence-electron chi connectivity index (χ0n) is 12.3. The molecule has 0 aromatic heterocycles. The zero-order valence-corrected chi connectivity index (χ0v) is 12.3. The predicted octanol–water partition coefficient (Wildman–Crippen LogP) is 3.84. The Kier molecular flexibility index (Phi) is 4.91. The van der Waals surface area contributed by atoms with E-state index in [4.69, 9.17) is 5.73 Å². The summed E-state index contributed by atoms with van der Waals surface area (Å²) in [5.74, 6) is -1.68. The molecule has 0 saturated carbocycles. The molecule has 0 aliphatic rings. The number of hydrogen-bond acceptors (Lipinski definition) is 2. The molecule has 2 aromatic carbocycles. The maximum atomic E-state index is 14.3. The highest BCUT2D eigenvalue weighted by atomic mass is 19.2. The summed E-state index contributed by atoms with van der Waals surface area (Å²) in [6.07, 6.45) is 0. The van der Waals surface area contributed by atoms with Crippen molar-refractivity contribution in [3.05, 3.63) is 65.2 Å². The first-order chi connectivity index (χ1) is 10.0. The van der Waals surface area contributed by atoms with Crippen molar-refractivity contribution in [2.45, 2.75) is 33.0 Å². The largest absolute Gasteiger partial charge is 0.362 e. The lowest BCUT2D eigenvalue weighted by Gasteiger charge is -2.30. The fourth-order valence-electron chi connectivity index (χ4n) is 2.28. The molecule has 2 nitrogen and oxygen atoms in total. The van der Waals surface area contributed by atoms with Gasteiger partial charge < -0.3 is 10.6 Å². The molecule has 0 spiro atoms. The fraction of sp³-hybridized carbons (Fsp3) is 0.294. The number of nitrogens with zero attached hydrogens (tertiary/aromatic N) is 1. The Hall–Kier alpha value is -1.94. The standard InChI is InChI=1S/C17H20F2N2/c1-12(2)21(11-13-6-4-3-5-7-13)15-9-8-14(10-20)16(18)17(15)19/h3-9,12H,10-11,20H2,1-2H3. The second-order valence-corrected chi connectivity index (χ2v) is 5.28. The smallest absolute Gasteiger partial charge is 0.182 e. The summed E-state index contributed by atoms with van der Waals surface area (Å²) in [5.41, 5.74) is 6.92. The molecule has 0 unspecified atom stereocenters. The van der Waals surface area contributed by atoms with Crippen LogP contribution in [0.5, 0.6) is 0 Å². The van der Waals surface area contributed by atoms with Crippen molar-refractivity contribution in [2.75, 3.05) is 4.90 Å². The van der Waals surface area contributed by atoms with Crippen molar-refractivity contribution in [1.29, 1.82) is 0 Å². The van der Waals surface area contributed by atoms with Crippen LogP contribution >= 0.6 is 0 Å². The first-order valence-electron chi connectivity index (χ1n) is 7.02. The lowest BCUT2D eigenvalue weighted by Crippen LogP contribution is -2.31. The minimum Gasteiger partial charge on any atom is -0.362 e. The molecule has 2 N–H and O–H groups in total. The molecule has 21 heavy (non-hydrogen) atoms. The zero-order chi connectivity index (χ0) is 15.4. The second kappa shape index (κ2) is 6.68. The van der Waals surface area contributed by atoms with Gasteiger partial charge >= 0.3 is 0 Å². The quantitative estimate of drug-likeness (QED) is 0.906. The monoisotopic (exact) mass is 290 g/mol. The highest BCUT2D eigenvalue weighted by Crippen LogP contribution is 2.27. The fourth-order valence-corrected chi connectivity index (χ4v) is 2.28. The van der Waals surface area contributed by atoms with E-state index in [1.54, 1.807) is 12.1 Å². The van der Waals surface area contributed by atoms with Gasteiger partial charge in [-0.3, -0.25) is 0 Å². The van der Waals surface area contributed by atoms with Gasteiger partial charge in [-0.1, -0.05) is 36.4 Å². The Balaban J connectivity index is 2.37. The van der Waals surface area contributed by atoms with Gasteiger partial charge in [0.2, 0.25) is 0 Å². The number of hydrogen-bond donors (Lipinski definition) is 1. The second-order valence-electron chi connectivity index (χ2n) is 5.28. The van der Waals surface area contributed by atoms with Crippen LogP contribution in [0.2, 0.25) is 0 Å². The average Bonchev–Trinajstić information content (AvgIpc) is 2.49. The molecular formula is C17H20F2N2. The Bertz CT molecular complexity index is 597. The minimum absolute atomic E-state index is 0.0105.